The van der Waals surface area contributed by atoms with E-state index in [9.17, 15) is 16.8 Å². The van der Waals surface area contributed by atoms with Crippen molar-refractivity contribution in [1.29, 1.82) is 0 Å². The molecule has 0 saturated carbocycles. The van der Waals surface area contributed by atoms with E-state index in [0.717, 1.165) is 5.56 Å². The molecule has 0 spiro atoms. The van der Waals surface area contributed by atoms with Crippen molar-refractivity contribution in [2.45, 2.75) is 23.9 Å². The molecular formula is C22H30N4O5S2. The van der Waals surface area contributed by atoms with Crippen molar-refractivity contribution in [3.05, 3.63) is 59.8 Å². The molecule has 9 nitrogen and oxygen atoms in total. The molecule has 0 unspecified atom stereocenters. The van der Waals surface area contributed by atoms with Crippen LogP contribution in [0, 0.1) is 5.92 Å². The quantitative estimate of drug-likeness (QED) is 0.609. The fourth-order valence-corrected chi connectivity index (χ4v) is 7.81. The largest absolute Gasteiger partial charge is 0.379 e. The second-order valence-corrected chi connectivity index (χ2v) is 12.4. The normalized spacial score (nSPS) is 23.4. The van der Waals surface area contributed by atoms with Crippen LogP contribution >= 0.6 is 0 Å². The van der Waals surface area contributed by atoms with Gasteiger partial charge in [-0.15, -0.1) is 0 Å². The number of hydrogen-bond acceptors (Lipinski definition) is 7. The Kier molecular flexibility index (Phi) is 7.46. The second-order valence-electron chi connectivity index (χ2n) is 8.53. The summed E-state index contributed by atoms with van der Waals surface area (Å²) in [5, 5.41) is -0.0186. The Bertz CT molecular complexity index is 1150. The zero-order chi connectivity index (χ0) is 23.5. The summed E-state index contributed by atoms with van der Waals surface area (Å²) in [5.74, 6) is -0.639. The third kappa shape index (κ3) is 5.61. The summed E-state index contributed by atoms with van der Waals surface area (Å²) in [6.07, 6.45) is 2.02. The highest BCUT2D eigenvalue weighted by atomic mass is 32.2. The van der Waals surface area contributed by atoms with Crippen LogP contribution in [0.3, 0.4) is 0 Å². The number of morpholine rings is 1. The summed E-state index contributed by atoms with van der Waals surface area (Å²) in [5.41, 5.74) is 7.35. The van der Waals surface area contributed by atoms with Crippen LogP contribution in [0.5, 0.6) is 0 Å². The molecule has 2 N–H and O–H groups in total. The van der Waals surface area contributed by atoms with Crippen molar-refractivity contribution in [3.8, 4) is 0 Å². The fraction of sp³-hybridized carbons (Fsp3) is 0.500. The zero-order valence-corrected chi connectivity index (χ0v) is 20.0. The molecule has 33 heavy (non-hydrogen) atoms. The van der Waals surface area contributed by atoms with Gasteiger partial charge in [0.05, 0.1) is 19.0 Å². The number of aromatic nitrogens is 1. The molecule has 2 aliphatic rings. The van der Waals surface area contributed by atoms with Gasteiger partial charge in [-0.2, -0.15) is 17.0 Å². The van der Waals surface area contributed by atoms with Crippen LogP contribution in [0.2, 0.25) is 0 Å². The van der Waals surface area contributed by atoms with Crippen LogP contribution in [0.25, 0.3) is 0 Å². The number of piperidine rings is 1. The van der Waals surface area contributed by atoms with E-state index in [1.54, 1.807) is 6.07 Å². The molecule has 0 bridgehead atoms. The van der Waals surface area contributed by atoms with E-state index < -0.39 is 20.0 Å². The number of ether oxygens (including phenoxy) is 1. The summed E-state index contributed by atoms with van der Waals surface area (Å²) >= 11 is 0. The van der Waals surface area contributed by atoms with Crippen molar-refractivity contribution in [3.63, 3.8) is 0 Å². The van der Waals surface area contributed by atoms with Gasteiger partial charge in [-0.05, 0) is 41.5 Å². The van der Waals surface area contributed by atoms with E-state index in [1.165, 1.54) is 20.9 Å². The van der Waals surface area contributed by atoms with Gasteiger partial charge < -0.3 is 10.5 Å². The van der Waals surface area contributed by atoms with Crippen LogP contribution in [-0.2, 0) is 31.3 Å². The summed E-state index contributed by atoms with van der Waals surface area (Å²) in [6, 6.07) is 12.8. The lowest BCUT2D eigenvalue weighted by molar-refractivity contribution is 0.0689. The van der Waals surface area contributed by atoms with Crippen molar-refractivity contribution >= 4 is 20.0 Å². The molecule has 1 aromatic carbocycles. The van der Waals surface area contributed by atoms with Crippen molar-refractivity contribution in [2.75, 3.05) is 45.1 Å². The molecule has 180 valence electrons. The lowest BCUT2D eigenvalue weighted by Gasteiger charge is -2.40. The molecule has 0 amide bonds. The number of rotatable bonds is 7. The van der Waals surface area contributed by atoms with E-state index >= 15 is 0 Å². The van der Waals surface area contributed by atoms with Gasteiger partial charge in [-0.3, -0.25) is 0 Å². The molecule has 2 aromatic rings. The molecule has 3 heterocycles. The van der Waals surface area contributed by atoms with Crippen LogP contribution in [0.1, 0.15) is 23.5 Å². The Morgan fingerprint density at radius 2 is 1.73 bits per heavy atom. The van der Waals surface area contributed by atoms with Gasteiger partial charge in [0, 0.05) is 38.9 Å². The maximum Gasteiger partial charge on any atom is 0.282 e. The topological polar surface area (TPSA) is 123 Å². The van der Waals surface area contributed by atoms with Crippen LogP contribution < -0.4 is 5.73 Å². The number of benzene rings is 1. The molecule has 2 aliphatic heterocycles. The van der Waals surface area contributed by atoms with Crippen molar-refractivity contribution < 1.29 is 21.6 Å². The highest BCUT2D eigenvalue weighted by Crippen LogP contribution is 2.34. The van der Waals surface area contributed by atoms with Gasteiger partial charge in [-0.25, -0.2) is 13.4 Å². The lowest BCUT2D eigenvalue weighted by Crippen LogP contribution is -2.53. The summed E-state index contributed by atoms with van der Waals surface area (Å²) < 4.78 is 61.3. The van der Waals surface area contributed by atoms with E-state index in [-0.39, 0.29) is 35.7 Å². The number of pyridine rings is 1. The minimum atomic E-state index is -3.73. The van der Waals surface area contributed by atoms with E-state index in [0.29, 0.717) is 44.8 Å². The first kappa shape index (κ1) is 24.2. The molecule has 2 saturated heterocycles. The number of nitrogens with two attached hydrogens (primary N) is 1. The Balaban J connectivity index is 1.61. The predicted octanol–water partition coefficient (Wildman–Crippen LogP) is 0.997. The Morgan fingerprint density at radius 1 is 1.00 bits per heavy atom. The Morgan fingerprint density at radius 3 is 2.42 bits per heavy atom. The van der Waals surface area contributed by atoms with E-state index in [2.05, 4.69) is 4.98 Å². The van der Waals surface area contributed by atoms with E-state index in [4.69, 9.17) is 10.5 Å². The number of sulfone groups is 1. The second kappa shape index (κ2) is 10.2. The number of nitrogens with zero attached hydrogens (tertiary/aromatic N) is 3. The molecule has 4 rings (SSSR count). The molecular weight excluding hydrogens is 464 g/mol. The van der Waals surface area contributed by atoms with Crippen molar-refractivity contribution in [1.82, 2.24) is 13.6 Å². The number of hydrogen-bond donors (Lipinski definition) is 1. The molecule has 0 radical (unpaired) electrons. The third-order valence-electron chi connectivity index (χ3n) is 6.21. The van der Waals surface area contributed by atoms with Crippen LogP contribution in [0.15, 0.2) is 53.7 Å². The van der Waals surface area contributed by atoms with Gasteiger partial charge in [0.25, 0.3) is 10.2 Å². The van der Waals surface area contributed by atoms with Crippen LogP contribution in [0.4, 0.5) is 0 Å². The Labute approximate surface area is 195 Å². The minimum Gasteiger partial charge on any atom is -0.379 e. The highest BCUT2D eigenvalue weighted by Gasteiger charge is 2.39. The first-order chi connectivity index (χ1) is 15.8. The maximum atomic E-state index is 13.4. The molecule has 11 heteroatoms. The minimum absolute atomic E-state index is 0.0186. The average molecular weight is 495 g/mol. The fourth-order valence-electron chi connectivity index (χ4n) is 4.52. The van der Waals surface area contributed by atoms with Crippen LogP contribution in [-0.4, -0.2) is 75.6 Å². The van der Waals surface area contributed by atoms with Gasteiger partial charge in [0.1, 0.15) is 0 Å². The van der Waals surface area contributed by atoms with Gasteiger partial charge in [-0.1, -0.05) is 30.3 Å². The summed E-state index contributed by atoms with van der Waals surface area (Å²) in [6.45, 7) is 2.00. The standard InChI is InChI=1S/C22H30N4O5S2/c23-14-18-6-7-24-22(13-18)32(27,28)17-19-12-21(20-4-2-1-3-5-20)16-26(15-19)33(29,30)25-8-10-31-11-9-25/h1-7,13,19,21H,8-12,14-17,23H2/t19-,21+/m1/s1. The molecule has 1 aromatic heterocycles. The van der Waals surface area contributed by atoms with Gasteiger partial charge in [0.2, 0.25) is 0 Å². The molecule has 2 fully saturated rings. The maximum absolute atomic E-state index is 13.4. The predicted molar refractivity (Wildman–Crippen MR) is 124 cm³/mol. The van der Waals surface area contributed by atoms with Gasteiger partial charge >= 0.3 is 0 Å². The van der Waals surface area contributed by atoms with E-state index in [1.807, 2.05) is 30.3 Å². The monoisotopic (exact) mass is 494 g/mol. The summed E-state index contributed by atoms with van der Waals surface area (Å²) in [4.78, 5) is 4.05. The first-order valence-corrected chi connectivity index (χ1v) is 14.1. The molecule has 0 aliphatic carbocycles. The SMILES string of the molecule is NCc1ccnc(S(=O)(=O)C[C@@H]2C[C@H](c3ccccc3)CN(S(=O)(=O)N3CCOCC3)C2)c1. The smallest absolute Gasteiger partial charge is 0.282 e. The Hall–Kier alpha value is -1.89. The lowest BCUT2D eigenvalue weighted by atomic mass is 9.86. The van der Waals surface area contributed by atoms with Gasteiger partial charge in [0.15, 0.2) is 14.9 Å². The third-order valence-corrected chi connectivity index (χ3v) is 9.95. The highest BCUT2D eigenvalue weighted by molar-refractivity contribution is 7.91. The zero-order valence-electron chi connectivity index (χ0n) is 18.4. The first-order valence-electron chi connectivity index (χ1n) is 11.1. The summed E-state index contributed by atoms with van der Waals surface area (Å²) in [7, 11) is -7.44. The molecule has 2 atom stereocenters. The average Bonchev–Trinajstić information content (AvgIpc) is 2.84. The van der Waals surface area contributed by atoms with Crippen molar-refractivity contribution in [2.24, 2.45) is 11.7 Å².